The fourth-order valence-corrected chi connectivity index (χ4v) is 2.81. The van der Waals surface area contributed by atoms with Gasteiger partial charge in [0, 0.05) is 24.9 Å². The fourth-order valence-electron chi connectivity index (χ4n) is 2.81. The molecular weight excluding hydrogens is 340 g/mol. The lowest BCUT2D eigenvalue weighted by Gasteiger charge is -2.26. The number of hydrogen-bond acceptors (Lipinski definition) is 3. The van der Waals surface area contributed by atoms with Crippen LogP contribution in [0.3, 0.4) is 0 Å². The van der Waals surface area contributed by atoms with Crippen molar-refractivity contribution in [3.05, 3.63) is 59.7 Å². The van der Waals surface area contributed by atoms with Gasteiger partial charge in [0.15, 0.2) is 6.61 Å². The molecule has 1 N–H and O–H groups in total. The van der Waals surface area contributed by atoms with Gasteiger partial charge in [0.1, 0.15) is 5.75 Å². The summed E-state index contributed by atoms with van der Waals surface area (Å²) in [6.07, 6.45) is 3.28. The average molecular weight is 364 g/mol. The molecule has 2 aromatic rings. The van der Waals surface area contributed by atoms with E-state index in [0.717, 1.165) is 5.56 Å². The zero-order valence-corrected chi connectivity index (χ0v) is 16.1. The molecule has 0 radical (unpaired) electrons. The first-order valence-electron chi connectivity index (χ1n) is 8.87. The smallest absolute Gasteiger partial charge is 0.264 e. The Hall–Kier alpha value is -3.08. The highest BCUT2D eigenvalue weighted by molar-refractivity contribution is 6.03. The number of rotatable bonds is 3. The van der Waals surface area contributed by atoms with E-state index in [1.807, 2.05) is 12.1 Å². The van der Waals surface area contributed by atoms with Gasteiger partial charge in [-0.05, 0) is 34.8 Å². The second-order valence-electron chi connectivity index (χ2n) is 7.62. The van der Waals surface area contributed by atoms with Crippen molar-refractivity contribution in [2.45, 2.75) is 26.2 Å². The van der Waals surface area contributed by atoms with Crippen molar-refractivity contribution in [3.63, 3.8) is 0 Å². The van der Waals surface area contributed by atoms with Crippen LogP contribution in [0.15, 0.2) is 48.5 Å². The van der Waals surface area contributed by atoms with Crippen molar-refractivity contribution in [1.82, 2.24) is 0 Å². The van der Waals surface area contributed by atoms with Gasteiger partial charge >= 0.3 is 0 Å². The maximum atomic E-state index is 12.2. The molecule has 1 aliphatic heterocycles. The topological polar surface area (TPSA) is 58.6 Å². The normalized spacial score (nSPS) is 14.1. The average Bonchev–Trinajstić information content (AvgIpc) is 2.63. The number of fused-ring (bicyclic) bond motifs is 1. The summed E-state index contributed by atoms with van der Waals surface area (Å²) in [4.78, 5) is 25.4. The van der Waals surface area contributed by atoms with Gasteiger partial charge in [0.2, 0.25) is 5.91 Å². The van der Waals surface area contributed by atoms with Crippen molar-refractivity contribution in [3.8, 4) is 5.75 Å². The number of ether oxygens (including phenoxy) is 1. The molecule has 2 aromatic carbocycles. The highest BCUT2D eigenvalue weighted by atomic mass is 16.5. The number of hydrogen-bond donors (Lipinski definition) is 1. The van der Waals surface area contributed by atoms with E-state index in [0.29, 0.717) is 17.1 Å². The monoisotopic (exact) mass is 364 g/mol. The molecule has 1 aliphatic rings. The number of benzene rings is 2. The molecular formula is C22H24N2O3. The lowest BCUT2D eigenvalue weighted by atomic mass is 9.87. The lowest BCUT2D eigenvalue weighted by Crippen LogP contribution is -2.35. The predicted octanol–water partition coefficient (Wildman–Crippen LogP) is 3.99. The zero-order valence-electron chi connectivity index (χ0n) is 16.1. The summed E-state index contributed by atoms with van der Waals surface area (Å²) in [5.41, 5.74) is 3.63. The maximum absolute atomic E-state index is 12.2. The second kappa shape index (κ2) is 7.27. The van der Waals surface area contributed by atoms with Gasteiger partial charge in [-0.3, -0.25) is 9.59 Å². The minimum atomic E-state index is -0.227. The number of carbonyl (C=O) groups is 2. The van der Waals surface area contributed by atoms with Crippen molar-refractivity contribution < 1.29 is 14.3 Å². The maximum Gasteiger partial charge on any atom is 0.264 e. The quantitative estimate of drug-likeness (QED) is 0.838. The molecule has 5 heteroatoms. The van der Waals surface area contributed by atoms with E-state index in [1.165, 1.54) is 11.6 Å². The molecule has 0 fully saturated rings. The van der Waals surface area contributed by atoms with Crippen LogP contribution in [0.1, 0.15) is 31.9 Å². The van der Waals surface area contributed by atoms with Crippen LogP contribution in [-0.2, 0) is 15.0 Å². The molecule has 27 heavy (non-hydrogen) atoms. The van der Waals surface area contributed by atoms with E-state index in [2.05, 4.69) is 38.2 Å². The van der Waals surface area contributed by atoms with E-state index < -0.39 is 0 Å². The second-order valence-corrected chi connectivity index (χ2v) is 7.62. The molecule has 3 rings (SSSR count). The van der Waals surface area contributed by atoms with Gasteiger partial charge in [-0.1, -0.05) is 45.0 Å². The largest absolute Gasteiger partial charge is 0.481 e. The lowest BCUT2D eigenvalue weighted by molar-refractivity contribution is -0.121. The Balaban J connectivity index is 1.66. The molecule has 140 valence electrons. The van der Waals surface area contributed by atoms with Crippen LogP contribution in [0.2, 0.25) is 0 Å². The minimum absolute atomic E-state index is 0.00532. The van der Waals surface area contributed by atoms with Crippen LogP contribution in [0.25, 0.3) is 6.08 Å². The molecule has 2 amide bonds. The Bertz CT molecular complexity index is 893. The number of likely N-dealkylation sites (N-methyl/N-ethyl adjacent to an activating group) is 1. The van der Waals surface area contributed by atoms with Crippen molar-refractivity contribution in [2.24, 2.45) is 0 Å². The molecule has 0 saturated heterocycles. The number of nitrogens with one attached hydrogen (secondary N) is 1. The van der Waals surface area contributed by atoms with Crippen molar-refractivity contribution in [1.29, 1.82) is 0 Å². The Morgan fingerprint density at radius 3 is 2.52 bits per heavy atom. The summed E-state index contributed by atoms with van der Waals surface area (Å²) >= 11 is 0. The third-order valence-corrected chi connectivity index (χ3v) is 4.52. The van der Waals surface area contributed by atoms with E-state index in [9.17, 15) is 9.59 Å². The Kier molecular flexibility index (Phi) is 5.04. The Morgan fingerprint density at radius 2 is 1.85 bits per heavy atom. The summed E-state index contributed by atoms with van der Waals surface area (Å²) in [7, 11) is 1.70. The molecule has 0 aromatic heterocycles. The highest BCUT2D eigenvalue weighted by Gasteiger charge is 2.22. The van der Waals surface area contributed by atoms with E-state index in [4.69, 9.17) is 4.74 Å². The molecule has 5 nitrogen and oxygen atoms in total. The SMILES string of the molecule is CN1C(=O)COc2cc(NC(=O)C=Cc3ccc(C(C)(C)C)cc3)ccc21. The van der Waals surface area contributed by atoms with Crippen molar-refractivity contribution in [2.75, 3.05) is 23.9 Å². The van der Waals surface area contributed by atoms with Crippen molar-refractivity contribution >= 4 is 29.3 Å². The molecule has 0 saturated carbocycles. The van der Waals surface area contributed by atoms with Gasteiger partial charge < -0.3 is 15.0 Å². The van der Waals surface area contributed by atoms with Gasteiger partial charge in [-0.25, -0.2) is 0 Å². The minimum Gasteiger partial charge on any atom is -0.481 e. The van der Waals surface area contributed by atoms with E-state index in [-0.39, 0.29) is 23.8 Å². The molecule has 0 bridgehead atoms. The first kappa shape index (κ1) is 18.7. The van der Waals surface area contributed by atoms with Crippen LogP contribution in [0.5, 0.6) is 5.75 Å². The number of amides is 2. The molecule has 0 aliphatic carbocycles. The van der Waals surface area contributed by atoms with Crippen LogP contribution in [0.4, 0.5) is 11.4 Å². The molecule has 0 atom stereocenters. The van der Waals surface area contributed by atoms with E-state index >= 15 is 0 Å². The summed E-state index contributed by atoms with van der Waals surface area (Å²) in [6.45, 7) is 6.51. The van der Waals surface area contributed by atoms with Gasteiger partial charge in [0.25, 0.3) is 5.91 Å². The standard InChI is InChI=1S/C22H24N2O3/c1-22(2,3)16-8-5-15(6-9-16)7-12-20(25)23-17-10-11-18-19(13-17)27-14-21(26)24(18)4/h5-13H,14H2,1-4H3,(H,23,25). The Morgan fingerprint density at radius 1 is 1.15 bits per heavy atom. The summed E-state index contributed by atoms with van der Waals surface area (Å²) in [5, 5.41) is 2.81. The zero-order chi connectivity index (χ0) is 19.6. The highest BCUT2D eigenvalue weighted by Crippen LogP contribution is 2.33. The van der Waals surface area contributed by atoms with Crippen LogP contribution < -0.4 is 15.0 Å². The first-order valence-corrected chi connectivity index (χ1v) is 8.87. The summed E-state index contributed by atoms with van der Waals surface area (Å²) < 4.78 is 5.44. The third kappa shape index (κ3) is 4.37. The van der Waals surface area contributed by atoms with Crippen LogP contribution >= 0.6 is 0 Å². The number of carbonyl (C=O) groups excluding carboxylic acids is 2. The third-order valence-electron chi connectivity index (χ3n) is 4.52. The fraction of sp³-hybridized carbons (Fsp3) is 0.273. The van der Waals surface area contributed by atoms with E-state index in [1.54, 1.807) is 36.2 Å². The first-order chi connectivity index (χ1) is 12.7. The number of anilines is 2. The van der Waals surface area contributed by atoms with Gasteiger partial charge in [0.05, 0.1) is 5.69 Å². The molecule has 0 unspecified atom stereocenters. The van der Waals surface area contributed by atoms with Crippen LogP contribution in [0, 0.1) is 0 Å². The molecule has 0 spiro atoms. The van der Waals surface area contributed by atoms with Gasteiger partial charge in [-0.2, -0.15) is 0 Å². The Labute approximate surface area is 159 Å². The summed E-state index contributed by atoms with van der Waals surface area (Å²) in [6, 6.07) is 13.4. The number of nitrogens with zero attached hydrogens (tertiary/aromatic N) is 1. The summed E-state index contributed by atoms with van der Waals surface area (Å²) in [5.74, 6) is 0.256. The molecule has 1 heterocycles. The van der Waals surface area contributed by atoms with Gasteiger partial charge in [-0.15, -0.1) is 0 Å². The van der Waals surface area contributed by atoms with Crippen LogP contribution in [-0.4, -0.2) is 25.5 Å². The predicted molar refractivity (Wildman–Crippen MR) is 108 cm³/mol.